The predicted octanol–water partition coefficient (Wildman–Crippen LogP) is 2.08. The molecule has 4 heteroatoms. The number of thiol groups is 3. The minimum atomic E-state index is 0.647. The lowest BCUT2D eigenvalue weighted by Crippen LogP contribution is -2.07. The monoisotopic (exact) mass is 200 g/mol. The SMILES string of the molecule is SCSCC(CS)CS. The highest BCUT2D eigenvalue weighted by Gasteiger charge is 2.01. The molecule has 0 fully saturated rings. The molecule has 0 aliphatic heterocycles. The highest BCUT2D eigenvalue weighted by Crippen LogP contribution is 2.11. The van der Waals surface area contributed by atoms with Crippen LogP contribution in [-0.2, 0) is 0 Å². The largest absolute Gasteiger partial charge is 0.179 e. The van der Waals surface area contributed by atoms with Crippen molar-refractivity contribution in [2.24, 2.45) is 5.92 Å². The van der Waals surface area contributed by atoms with Crippen molar-refractivity contribution in [1.29, 1.82) is 0 Å². The van der Waals surface area contributed by atoms with E-state index in [1.165, 1.54) is 0 Å². The van der Waals surface area contributed by atoms with Crippen LogP contribution in [0, 0.1) is 5.92 Å². The Balaban J connectivity index is 3.09. The quantitative estimate of drug-likeness (QED) is 0.451. The first-order valence-electron chi connectivity index (χ1n) is 2.75. The maximum Gasteiger partial charge on any atom is 0.0361 e. The van der Waals surface area contributed by atoms with Gasteiger partial charge in [-0.1, -0.05) is 0 Å². The van der Waals surface area contributed by atoms with Crippen molar-refractivity contribution in [3.8, 4) is 0 Å². The lowest BCUT2D eigenvalue weighted by molar-refractivity contribution is 0.784. The Morgan fingerprint density at radius 1 is 1.11 bits per heavy atom. The van der Waals surface area contributed by atoms with Gasteiger partial charge >= 0.3 is 0 Å². The van der Waals surface area contributed by atoms with E-state index in [0.717, 1.165) is 22.3 Å². The van der Waals surface area contributed by atoms with Gasteiger partial charge in [-0.2, -0.15) is 49.6 Å². The van der Waals surface area contributed by atoms with Crippen molar-refractivity contribution in [3.63, 3.8) is 0 Å². The number of thioether (sulfide) groups is 1. The Bertz CT molecular complexity index is 52.9. The molecule has 0 heterocycles. The summed E-state index contributed by atoms with van der Waals surface area (Å²) in [5.41, 5.74) is 0. The average molecular weight is 200 g/mol. The zero-order valence-corrected chi connectivity index (χ0v) is 8.66. The fraction of sp³-hybridized carbons (Fsp3) is 1.00. The standard InChI is InChI=1S/C5H12S4/c6-1-5(2-7)3-9-4-8/h5-8H,1-4H2. The van der Waals surface area contributed by atoms with Crippen molar-refractivity contribution in [3.05, 3.63) is 0 Å². The second-order valence-corrected chi connectivity index (χ2v) is 4.24. The molecule has 0 N–H and O–H groups in total. The maximum absolute atomic E-state index is 4.18. The highest BCUT2D eigenvalue weighted by atomic mass is 32.2. The summed E-state index contributed by atoms with van der Waals surface area (Å²) < 4.78 is 0. The van der Waals surface area contributed by atoms with Crippen molar-refractivity contribution in [1.82, 2.24) is 0 Å². The molecule has 0 saturated carbocycles. The zero-order chi connectivity index (χ0) is 7.11. The fourth-order valence-corrected chi connectivity index (χ4v) is 2.44. The van der Waals surface area contributed by atoms with E-state index >= 15 is 0 Å². The molecule has 0 amide bonds. The molecule has 0 aromatic carbocycles. The van der Waals surface area contributed by atoms with Gasteiger partial charge in [-0.05, 0) is 23.2 Å². The third kappa shape index (κ3) is 5.83. The van der Waals surface area contributed by atoms with E-state index in [9.17, 15) is 0 Å². The molecule has 56 valence electrons. The molecule has 0 aromatic rings. The van der Waals surface area contributed by atoms with Gasteiger partial charge < -0.3 is 0 Å². The first-order valence-corrected chi connectivity index (χ1v) is 5.80. The summed E-state index contributed by atoms with van der Waals surface area (Å²) in [5, 5.41) is 0.901. The lowest BCUT2D eigenvalue weighted by atomic mass is 10.3. The molecule has 0 aliphatic rings. The van der Waals surface area contributed by atoms with Crippen LogP contribution in [0.4, 0.5) is 0 Å². The summed E-state index contributed by atoms with van der Waals surface area (Å²) in [5.74, 6) is 3.65. The Kier molecular flexibility index (Phi) is 8.67. The van der Waals surface area contributed by atoms with E-state index in [1.807, 2.05) is 11.8 Å². The van der Waals surface area contributed by atoms with Crippen molar-refractivity contribution in [2.75, 3.05) is 22.3 Å². The summed E-state index contributed by atoms with van der Waals surface area (Å²) in [6.45, 7) is 0. The normalized spacial score (nSPS) is 10.7. The van der Waals surface area contributed by atoms with Gasteiger partial charge in [-0.3, -0.25) is 0 Å². The third-order valence-corrected chi connectivity index (χ3v) is 3.43. The van der Waals surface area contributed by atoms with Crippen LogP contribution in [0.5, 0.6) is 0 Å². The maximum atomic E-state index is 4.18. The van der Waals surface area contributed by atoms with Gasteiger partial charge in [0.1, 0.15) is 0 Å². The Labute approximate surface area is 77.8 Å². The highest BCUT2D eigenvalue weighted by molar-refractivity contribution is 8.09. The van der Waals surface area contributed by atoms with Crippen molar-refractivity contribution in [2.45, 2.75) is 0 Å². The van der Waals surface area contributed by atoms with Gasteiger partial charge in [0.15, 0.2) is 0 Å². The van der Waals surface area contributed by atoms with Crippen LogP contribution in [0.3, 0.4) is 0 Å². The van der Waals surface area contributed by atoms with E-state index in [-0.39, 0.29) is 0 Å². The van der Waals surface area contributed by atoms with Gasteiger partial charge in [0, 0.05) is 5.08 Å². The average Bonchev–Trinajstić information content (AvgIpc) is 1.91. The molecular weight excluding hydrogens is 188 g/mol. The molecule has 0 atom stereocenters. The predicted molar refractivity (Wildman–Crippen MR) is 57.5 cm³/mol. The molecule has 0 spiro atoms. The van der Waals surface area contributed by atoms with Crippen LogP contribution in [0.15, 0.2) is 0 Å². The number of hydrogen-bond donors (Lipinski definition) is 3. The van der Waals surface area contributed by atoms with Crippen LogP contribution in [-0.4, -0.2) is 22.3 Å². The summed E-state index contributed by atoms with van der Waals surface area (Å²) in [6, 6.07) is 0. The van der Waals surface area contributed by atoms with Crippen LogP contribution in [0.1, 0.15) is 0 Å². The van der Waals surface area contributed by atoms with Crippen LogP contribution < -0.4 is 0 Å². The van der Waals surface area contributed by atoms with E-state index in [2.05, 4.69) is 37.9 Å². The van der Waals surface area contributed by atoms with Gasteiger partial charge in [0.2, 0.25) is 0 Å². The van der Waals surface area contributed by atoms with E-state index in [0.29, 0.717) is 5.92 Å². The summed E-state index contributed by atoms with van der Waals surface area (Å²) in [6.07, 6.45) is 0. The van der Waals surface area contributed by atoms with Gasteiger partial charge in [-0.25, -0.2) is 0 Å². The molecule has 0 aliphatic carbocycles. The van der Waals surface area contributed by atoms with Gasteiger partial charge in [-0.15, -0.1) is 0 Å². The van der Waals surface area contributed by atoms with Crippen molar-refractivity contribution >= 4 is 49.6 Å². The van der Waals surface area contributed by atoms with E-state index in [4.69, 9.17) is 0 Å². The Hall–Kier alpha value is 1.40. The molecule has 0 unspecified atom stereocenters. The van der Waals surface area contributed by atoms with Crippen LogP contribution in [0.25, 0.3) is 0 Å². The minimum Gasteiger partial charge on any atom is -0.179 e. The van der Waals surface area contributed by atoms with E-state index in [1.54, 1.807) is 0 Å². The molecule has 0 rings (SSSR count). The third-order valence-electron chi connectivity index (χ3n) is 0.961. The first kappa shape index (κ1) is 10.4. The molecule has 0 bridgehead atoms. The van der Waals surface area contributed by atoms with Crippen LogP contribution in [0.2, 0.25) is 0 Å². The molecule has 0 aromatic heterocycles. The Morgan fingerprint density at radius 3 is 2.00 bits per heavy atom. The van der Waals surface area contributed by atoms with Crippen LogP contribution >= 0.6 is 49.6 Å². The smallest absolute Gasteiger partial charge is 0.0361 e. The lowest BCUT2D eigenvalue weighted by Gasteiger charge is -2.08. The summed E-state index contributed by atoms with van der Waals surface area (Å²) in [7, 11) is 0. The number of rotatable bonds is 5. The second-order valence-electron chi connectivity index (χ2n) is 1.73. The molecular formula is C5H12S4. The van der Waals surface area contributed by atoms with E-state index < -0.39 is 0 Å². The first-order chi connectivity index (χ1) is 4.35. The molecule has 9 heavy (non-hydrogen) atoms. The fourth-order valence-electron chi connectivity index (χ4n) is 0.383. The minimum absolute atomic E-state index is 0.647. The van der Waals surface area contributed by atoms with Gasteiger partial charge in [0.25, 0.3) is 0 Å². The molecule has 0 radical (unpaired) electrons. The topological polar surface area (TPSA) is 0 Å². The number of hydrogen-bond acceptors (Lipinski definition) is 4. The second kappa shape index (κ2) is 7.51. The van der Waals surface area contributed by atoms with Crippen molar-refractivity contribution < 1.29 is 0 Å². The summed E-state index contributed by atoms with van der Waals surface area (Å²) >= 11 is 14.3. The zero-order valence-electron chi connectivity index (χ0n) is 5.16. The molecule has 0 nitrogen and oxygen atoms in total. The Morgan fingerprint density at radius 2 is 1.67 bits per heavy atom. The van der Waals surface area contributed by atoms with Gasteiger partial charge in [0.05, 0.1) is 0 Å². The molecule has 0 saturated heterocycles. The summed E-state index contributed by atoms with van der Waals surface area (Å²) in [4.78, 5) is 0.